The van der Waals surface area contributed by atoms with Gasteiger partial charge in [-0.3, -0.25) is 14.6 Å². The molecule has 1 atom stereocenters. The molecule has 4 N–H and O–H groups in total. The number of aromatic nitrogens is 1. The average molecular weight is 432 g/mol. The van der Waals surface area contributed by atoms with Crippen LogP contribution in [0.4, 0.5) is 20.2 Å². The number of aliphatic hydroxyl groups excluding tert-OH is 2. The molecular formula is C16H16BrF2N3O4. The van der Waals surface area contributed by atoms with Crippen molar-refractivity contribution in [3.63, 3.8) is 0 Å². The number of benzene rings is 1. The van der Waals surface area contributed by atoms with Crippen molar-refractivity contribution in [2.24, 2.45) is 0 Å². The molecule has 0 aliphatic heterocycles. The highest BCUT2D eigenvalue weighted by molar-refractivity contribution is 9.10. The van der Waals surface area contributed by atoms with Crippen molar-refractivity contribution in [2.75, 3.05) is 18.5 Å². The van der Waals surface area contributed by atoms with Crippen LogP contribution in [-0.4, -0.2) is 40.4 Å². The third kappa shape index (κ3) is 4.94. The van der Waals surface area contributed by atoms with Crippen LogP contribution in [0.3, 0.4) is 0 Å². The molecule has 1 aromatic heterocycles. The number of aryl methyl sites for hydroxylation is 1. The van der Waals surface area contributed by atoms with Gasteiger partial charge in [-0.05, 0) is 41.1 Å². The van der Waals surface area contributed by atoms with Crippen LogP contribution >= 0.6 is 15.9 Å². The lowest BCUT2D eigenvalue weighted by molar-refractivity contribution is -0.0295. The summed E-state index contributed by atoms with van der Waals surface area (Å²) in [6.45, 7) is 0.834. The molecule has 0 aliphatic rings. The molecule has 0 spiro atoms. The third-order valence-corrected chi connectivity index (χ3v) is 4.09. The highest BCUT2D eigenvalue weighted by Gasteiger charge is 2.20. The van der Waals surface area contributed by atoms with Gasteiger partial charge >= 0.3 is 0 Å². The van der Waals surface area contributed by atoms with Crippen molar-refractivity contribution in [3.05, 3.63) is 51.8 Å². The Morgan fingerprint density at radius 1 is 1.42 bits per heavy atom. The molecule has 1 amide bonds. The Kier molecular flexibility index (Phi) is 6.98. The number of nitrogens with one attached hydrogen (secondary N) is 2. The van der Waals surface area contributed by atoms with Crippen molar-refractivity contribution in [1.82, 2.24) is 10.5 Å². The van der Waals surface area contributed by atoms with Gasteiger partial charge in [-0.2, -0.15) is 0 Å². The smallest absolute Gasteiger partial charge is 0.277 e. The molecule has 140 valence electrons. The van der Waals surface area contributed by atoms with Crippen molar-refractivity contribution < 1.29 is 28.6 Å². The van der Waals surface area contributed by atoms with Crippen LogP contribution in [-0.2, 0) is 4.84 Å². The number of rotatable bonds is 7. The Morgan fingerprint density at radius 3 is 2.81 bits per heavy atom. The number of aliphatic hydroxyl groups is 2. The van der Waals surface area contributed by atoms with E-state index in [0.717, 1.165) is 12.1 Å². The second-order valence-corrected chi connectivity index (χ2v) is 6.13. The molecule has 0 saturated carbocycles. The quantitative estimate of drug-likeness (QED) is 0.501. The van der Waals surface area contributed by atoms with E-state index in [-0.39, 0.29) is 12.2 Å². The van der Waals surface area contributed by atoms with Gasteiger partial charge in [-0.15, -0.1) is 0 Å². The Labute approximate surface area is 156 Å². The number of hydrogen-bond donors (Lipinski definition) is 4. The molecule has 0 saturated heterocycles. The van der Waals surface area contributed by atoms with Gasteiger partial charge in [0.2, 0.25) is 0 Å². The van der Waals surface area contributed by atoms with Crippen LogP contribution < -0.4 is 10.8 Å². The number of amides is 1. The van der Waals surface area contributed by atoms with Crippen molar-refractivity contribution in [3.8, 4) is 0 Å². The fourth-order valence-electron chi connectivity index (χ4n) is 1.89. The van der Waals surface area contributed by atoms with Gasteiger partial charge in [0.1, 0.15) is 12.7 Å². The normalized spacial score (nSPS) is 11.9. The molecule has 7 nitrogen and oxygen atoms in total. The fourth-order valence-corrected chi connectivity index (χ4v) is 2.24. The Hall–Kier alpha value is -2.14. The van der Waals surface area contributed by atoms with E-state index >= 15 is 0 Å². The lowest BCUT2D eigenvalue weighted by Crippen LogP contribution is -2.30. The van der Waals surface area contributed by atoms with Crippen LogP contribution in [0.15, 0.2) is 28.9 Å². The maximum atomic E-state index is 14.2. The zero-order valence-electron chi connectivity index (χ0n) is 13.6. The number of carbonyl (C=O) groups excluding carboxylic acids is 1. The number of hydroxylamine groups is 1. The first kappa shape index (κ1) is 20.2. The summed E-state index contributed by atoms with van der Waals surface area (Å²) in [7, 11) is 0. The standard InChI is InChI=1S/C16H16BrF2N3O4/c1-8-12(17)4-9(5-20-8)21-15-11(2-3-13(18)14(15)19)16(25)22-26-7-10(24)6-23/h2-5,10,21,23-24H,6-7H2,1H3,(H,22,25)/t10-/m1/s1. The monoisotopic (exact) mass is 431 g/mol. The summed E-state index contributed by atoms with van der Waals surface area (Å²) in [5.41, 5.74) is 2.40. The average Bonchev–Trinajstić information content (AvgIpc) is 2.61. The van der Waals surface area contributed by atoms with Gasteiger partial charge < -0.3 is 15.5 Å². The molecule has 0 aliphatic carbocycles. The predicted octanol–water partition coefficient (Wildman–Crippen LogP) is 2.19. The Bertz CT molecular complexity index is 807. The van der Waals surface area contributed by atoms with Gasteiger partial charge in [0.05, 0.1) is 35.4 Å². The van der Waals surface area contributed by atoms with Crippen molar-refractivity contribution in [2.45, 2.75) is 13.0 Å². The predicted molar refractivity (Wildman–Crippen MR) is 92.8 cm³/mol. The van der Waals surface area contributed by atoms with Crippen molar-refractivity contribution >= 4 is 33.2 Å². The Morgan fingerprint density at radius 2 is 2.15 bits per heavy atom. The number of hydrogen-bond acceptors (Lipinski definition) is 6. The summed E-state index contributed by atoms with van der Waals surface area (Å²) >= 11 is 3.28. The molecule has 2 rings (SSSR count). The van der Waals surface area contributed by atoms with E-state index in [4.69, 9.17) is 15.1 Å². The van der Waals surface area contributed by atoms with Crippen LogP contribution in [0, 0.1) is 18.6 Å². The molecule has 26 heavy (non-hydrogen) atoms. The van der Waals surface area contributed by atoms with Crippen LogP contribution in [0.1, 0.15) is 16.1 Å². The molecule has 2 aromatic rings. The minimum absolute atomic E-state index is 0.223. The van der Waals surface area contributed by atoms with Gasteiger partial charge in [0, 0.05) is 4.47 Å². The second-order valence-electron chi connectivity index (χ2n) is 5.28. The van der Waals surface area contributed by atoms with Crippen LogP contribution in [0.25, 0.3) is 0 Å². The van der Waals surface area contributed by atoms with E-state index < -0.39 is 35.9 Å². The highest BCUT2D eigenvalue weighted by atomic mass is 79.9. The highest BCUT2D eigenvalue weighted by Crippen LogP contribution is 2.28. The number of pyridine rings is 1. The second kappa shape index (κ2) is 8.99. The summed E-state index contributed by atoms with van der Waals surface area (Å²) in [5, 5.41) is 20.5. The molecule has 0 fully saturated rings. The summed E-state index contributed by atoms with van der Waals surface area (Å²) < 4.78 is 28.5. The minimum atomic E-state index is -1.25. The van der Waals surface area contributed by atoms with Crippen LogP contribution in [0.5, 0.6) is 0 Å². The maximum absolute atomic E-state index is 14.2. The first-order valence-corrected chi connectivity index (χ1v) is 8.21. The molecular weight excluding hydrogens is 416 g/mol. The summed E-state index contributed by atoms with van der Waals surface area (Å²) in [5.74, 6) is -3.25. The lowest BCUT2D eigenvalue weighted by Gasteiger charge is -2.14. The van der Waals surface area contributed by atoms with Gasteiger partial charge in [0.15, 0.2) is 11.6 Å². The first-order valence-electron chi connectivity index (χ1n) is 7.41. The number of halogens is 3. The first-order chi connectivity index (χ1) is 12.3. The topological polar surface area (TPSA) is 104 Å². The van der Waals surface area contributed by atoms with E-state index in [2.05, 4.69) is 26.2 Å². The maximum Gasteiger partial charge on any atom is 0.277 e. The SMILES string of the molecule is Cc1ncc(Nc2c(C(=O)NOC[C@H](O)CO)ccc(F)c2F)cc1Br. The van der Waals surface area contributed by atoms with E-state index in [9.17, 15) is 13.6 Å². The molecule has 1 aromatic carbocycles. The third-order valence-electron chi connectivity index (χ3n) is 3.29. The zero-order chi connectivity index (χ0) is 19.3. The zero-order valence-corrected chi connectivity index (χ0v) is 15.2. The molecule has 0 radical (unpaired) electrons. The van der Waals surface area contributed by atoms with E-state index in [1.807, 2.05) is 5.48 Å². The van der Waals surface area contributed by atoms with E-state index in [1.165, 1.54) is 6.20 Å². The fraction of sp³-hybridized carbons (Fsp3) is 0.250. The summed E-state index contributed by atoms with van der Waals surface area (Å²) in [6, 6.07) is 3.49. The largest absolute Gasteiger partial charge is 0.394 e. The number of anilines is 2. The summed E-state index contributed by atoms with van der Waals surface area (Å²) in [4.78, 5) is 21.0. The van der Waals surface area contributed by atoms with Crippen molar-refractivity contribution in [1.29, 1.82) is 0 Å². The van der Waals surface area contributed by atoms with Crippen LogP contribution in [0.2, 0.25) is 0 Å². The molecule has 1 heterocycles. The summed E-state index contributed by atoms with van der Waals surface area (Å²) in [6.07, 6.45) is 0.217. The molecule has 10 heteroatoms. The molecule has 0 unspecified atom stereocenters. The molecule has 0 bridgehead atoms. The van der Waals surface area contributed by atoms with Gasteiger partial charge in [-0.1, -0.05) is 0 Å². The Balaban J connectivity index is 2.25. The van der Waals surface area contributed by atoms with Gasteiger partial charge in [0.25, 0.3) is 5.91 Å². The van der Waals surface area contributed by atoms with Gasteiger partial charge in [-0.25, -0.2) is 14.3 Å². The minimum Gasteiger partial charge on any atom is -0.394 e. The lowest BCUT2D eigenvalue weighted by atomic mass is 10.1. The number of carbonyl (C=O) groups is 1. The van der Waals surface area contributed by atoms with E-state index in [1.54, 1.807) is 13.0 Å². The van der Waals surface area contributed by atoms with E-state index in [0.29, 0.717) is 15.9 Å². The number of nitrogens with zero attached hydrogens (tertiary/aromatic N) is 1.